The summed E-state index contributed by atoms with van der Waals surface area (Å²) in [6, 6.07) is 10.8. The van der Waals surface area contributed by atoms with Gasteiger partial charge < -0.3 is 0 Å². The maximum Gasteiger partial charge on any atom is 0.168 e. The van der Waals surface area contributed by atoms with Crippen LogP contribution in [0.3, 0.4) is 0 Å². The molecular formula is C11H6N2O. The number of carbonyl (C=O) groups excluding carboxylic acids is 1. The Bertz CT molecular complexity index is 540. The minimum absolute atomic E-state index is 0.292. The number of hydrogen-bond acceptors (Lipinski definition) is 3. The summed E-state index contributed by atoms with van der Waals surface area (Å²) in [4.78, 5) is 14.6. The average molecular weight is 182 g/mol. The van der Waals surface area contributed by atoms with Gasteiger partial charge in [-0.05, 0) is 12.1 Å². The first-order chi connectivity index (χ1) is 6.85. The molecule has 0 bridgehead atoms. The highest BCUT2D eigenvalue weighted by atomic mass is 16.1. The Morgan fingerprint density at radius 2 is 2.14 bits per heavy atom. The molecule has 0 aliphatic rings. The fourth-order valence-corrected chi connectivity index (χ4v) is 1.35. The number of pyridine rings is 1. The Morgan fingerprint density at radius 3 is 2.86 bits per heavy atom. The molecule has 0 unspecified atom stereocenters. The Balaban J connectivity index is 2.88. The molecule has 0 spiro atoms. The third-order valence-electron chi connectivity index (χ3n) is 1.98. The summed E-state index contributed by atoms with van der Waals surface area (Å²) < 4.78 is 0. The summed E-state index contributed by atoms with van der Waals surface area (Å²) >= 11 is 0. The third-order valence-corrected chi connectivity index (χ3v) is 1.98. The molecule has 0 aliphatic carbocycles. The molecule has 3 heteroatoms. The van der Waals surface area contributed by atoms with Gasteiger partial charge in [0.2, 0.25) is 0 Å². The summed E-state index contributed by atoms with van der Waals surface area (Å²) in [6.07, 6.45) is 0.646. The number of nitriles is 1. The lowest BCUT2D eigenvalue weighted by Gasteiger charge is -1.99. The van der Waals surface area contributed by atoms with E-state index in [1.165, 1.54) is 6.07 Å². The normalized spacial score (nSPS) is 9.64. The summed E-state index contributed by atoms with van der Waals surface area (Å²) in [6.45, 7) is 0. The molecule has 0 aliphatic heterocycles. The lowest BCUT2D eigenvalue weighted by Crippen LogP contribution is -1.90. The molecule has 1 aromatic heterocycles. The Kier molecular flexibility index (Phi) is 1.96. The summed E-state index contributed by atoms with van der Waals surface area (Å²) in [7, 11) is 0. The summed E-state index contributed by atoms with van der Waals surface area (Å²) in [5.74, 6) is 0. The first-order valence-electron chi connectivity index (χ1n) is 4.10. The van der Waals surface area contributed by atoms with Crippen LogP contribution < -0.4 is 0 Å². The number of rotatable bonds is 1. The van der Waals surface area contributed by atoms with Crippen LogP contribution in [0.5, 0.6) is 0 Å². The standard InChI is InChI=1S/C11H6N2O/c12-6-8-5-9(7-14)13-11-4-2-1-3-10(8)11/h1-5,7H. The van der Waals surface area contributed by atoms with Gasteiger partial charge in [0.05, 0.1) is 17.1 Å². The zero-order chi connectivity index (χ0) is 9.97. The van der Waals surface area contributed by atoms with Crippen molar-refractivity contribution in [1.82, 2.24) is 4.98 Å². The molecule has 0 N–H and O–H groups in total. The predicted octanol–water partition coefficient (Wildman–Crippen LogP) is 1.92. The van der Waals surface area contributed by atoms with Crippen LogP contribution in [0.4, 0.5) is 0 Å². The molecular weight excluding hydrogens is 176 g/mol. The second-order valence-electron chi connectivity index (χ2n) is 2.84. The van der Waals surface area contributed by atoms with Crippen molar-refractivity contribution in [1.29, 1.82) is 5.26 Å². The highest BCUT2D eigenvalue weighted by Gasteiger charge is 2.03. The van der Waals surface area contributed by atoms with Gasteiger partial charge >= 0.3 is 0 Å². The molecule has 0 radical (unpaired) electrons. The van der Waals surface area contributed by atoms with Crippen LogP contribution in [-0.4, -0.2) is 11.3 Å². The van der Waals surface area contributed by atoms with Crippen LogP contribution in [0.1, 0.15) is 16.1 Å². The van der Waals surface area contributed by atoms with E-state index >= 15 is 0 Å². The molecule has 1 heterocycles. The fraction of sp³-hybridized carbons (Fsp3) is 0. The van der Waals surface area contributed by atoms with Crippen molar-refractivity contribution >= 4 is 17.2 Å². The average Bonchev–Trinajstić information content (AvgIpc) is 2.27. The van der Waals surface area contributed by atoms with Gasteiger partial charge in [-0.25, -0.2) is 4.98 Å². The second-order valence-corrected chi connectivity index (χ2v) is 2.84. The van der Waals surface area contributed by atoms with Crippen LogP contribution in [0.2, 0.25) is 0 Å². The minimum Gasteiger partial charge on any atom is -0.296 e. The fourth-order valence-electron chi connectivity index (χ4n) is 1.35. The van der Waals surface area contributed by atoms with E-state index in [1.54, 1.807) is 6.07 Å². The summed E-state index contributed by atoms with van der Waals surface area (Å²) in [5, 5.41) is 9.64. The van der Waals surface area contributed by atoms with Crippen LogP contribution in [0.25, 0.3) is 10.9 Å². The largest absolute Gasteiger partial charge is 0.296 e. The van der Waals surface area contributed by atoms with Crippen molar-refractivity contribution in [2.45, 2.75) is 0 Å². The molecule has 66 valence electrons. The molecule has 2 aromatic rings. The quantitative estimate of drug-likeness (QED) is 0.633. The van der Waals surface area contributed by atoms with E-state index in [0.29, 0.717) is 23.1 Å². The molecule has 3 nitrogen and oxygen atoms in total. The van der Waals surface area contributed by atoms with Crippen molar-refractivity contribution in [3.63, 3.8) is 0 Å². The highest BCUT2D eigenvalue weighted by Crippen LogP contribution is 2.16. The number of para-hydroxylation sites is 1. The van der Waals surface area contributed by atoms with E-state index in [-0.39, 0.29) is 0 Å². The Morgan fingerprint density at radius 1 is 1.36 bits per heavy atom. The number of aromatic nitrogens is 1. The Hall–Kier alpha value is -2.21. The van der Waals surface area contributed by atoms with E-state index in [1.807, 2.05) is 24.3 Å². The topological polar surface area (TPSA) is 53.8 Å². The number of benzene rings is 1. The SMILES string of the molecule is N#Cc1cc(C=O)nc2ccccc12. The first kappa shape index (κ1) is 8.39. The van der Waals surface area contributed by atoms with Crippen LogP contribution in [-0.2, 0) is 0 Å². The van der Waals surface area contributed by atoms with Gasteiger partial charge in [0, 0.05) is 5.39 Å². The van der Waals surface area contributed by atoms with E-state index in [4.69, 9.17) is 5.26 Å². The second kappa shape index (κ2) is 3.27. The van der Waals surface area contributed by atoms with Gasteiger partial charge in [-0.2, -0.15) is 5.26 Å². The number of aldehydes is 1. The lowest BCUT2D eigenvalue weighted by molar-refractivity contribution is 0.111. The molecule has 2 rings (SSSR count). The smallest absolute Gasteiger partial charge is 0.168 e. The molecule has 0 saturated carbocycles. The van der Waals surface area contributed by atoms with Crippen molar-refractivity contribution in [3.05, 3.63) is 41.6 Å². The van der Waals surface area contributed by atoms with Gasteiger partial charge in [-0.15, -0.1) is 0 Å². The van der Waals surface area contributed by atoms with Gasteiger partial charge in [0.25, 0.3) is 0 Å². The van der Waals surface area contributed by atoms with Crippen molar-refractivity contribution < 1.29 is 4.79 Å². The van der Waals surface area contributed by atoms with Crippen LogP contribution in [0.15, 0.2) is 30.3 Å². The lowest BCUT2D eigenvalue weighted by atomic mass is 10.1. The number of fused-ring (bicyclic) bond motifs is 1. The molecule has 0 amide bonds. The van der Waals surface area contributed by atoms with E-state index in [2.05, 4.69) is 4.98 Å². The molecule has 1 aromatic carbocycles. The summed E-state index contributed by atoms with van der Waals surface area (Å²) in [5.41, 5.74) is 1.45. The van der Waals surface area contributed by atoms with E-state index in [9.17, 15) is 4.79 Å². The maximum atomic E-state index is 10.5. The monoisotopic (exact) mass is 182 g/mol. The van der Waals surface area contributed by atoms with Crippen LogP contribution >= 0.6 is 0 Å². The van der Waals surface area contributed by atoms with Crippen molar-refractivity contribution in [3.8, 4) is 6.07 Å². The van der Waals surface area contributed by atoms with Crippen LogP contribution in [0, 0.1) is 11.3 Å². The van der Waals surface area contributed by atoms with Gasteiger partial charge in [0.1, 0.15) is 5.69 Å². The predicted molar refractivity (Wildman–Crippen MR) is 51.8 cm³/mol. The minimum atomic E-state index is 0.292. The Labute approximate surface area is 80.6 Å². The van der Waals surface area contributed by atoms with Gasteiger partial charge in [0.15, 0.2) is 6.29 Å². The molecule has 0 atom stereocenters. The maximum absolute atomic E-state index is 10.5. The third kappa shape index (κ3) is 1.23. The van der Waals surface area contributed by atoms with Gasteiger partial charge in [-0.1, -0.05) is 18.2 Å². The van der Waals surface area contributed by atoms with E-state index < -0.39 is 0 Å². The number of hydrogen-bond donors (Lipinski definition) is 0. The number of carbonyl (C=O) groups is 1. The molecule has 0 fully saturated rings. The van der Waals surface area contributed by atoms with Crippen molar-refractivity contribution in [2.24, 2.45) is 0 Å². The van der Waals surface area contributed by atoms with Gasteiger partial charge in [-0.3, -0.25) is 4.79 Å². The molecule has 14 heavy (non-hydrogen) atoms. The highest BCUT2D eigenvalue weighted by molar-refractivity contribution is 5.88. The zero-order valence-corrected chi connectivity index (χ0v) is 7.27. The number of nitrogens with zero attached hydrogens (tertiary/aromatic N) is 2. The van der Waals surface area contributed by atoms with Crippen molar-refractivity contribution in [2.75, 3.05) is 0 Å². The molecule has 0 saturated heterocycles. The zero-order valence-electron chi connectivity index (χ0n) is 7.27. The first-order valence-corrected chi connectivity index (χ1v) is 4.10. The van der Waals surface area contributed by atoms with E-state index in [0.717, 1.165) is 5.39 Å².